The predicted octanol–water partition coefficient (Wildman–Crippen LogP) is 3.54. The highest BCUT2D eigenvalue weighted by Crippen LogP contribution is 2.33. The average Bonchev–Trinajstić information content (AvgIpc) is 3.37. The summed E-state index contributed by atoms with van der Waals surface area (Å²) in [6.07, 6.45) is 4.49. The molecule has 4 N–H and O–H groups in total. The minimum absolute atomic E-state index is 0.00766. The molecule has 0 spiro atoms. The van der Waals surface area contributed by atoms with Crippen molar-refractivity contribution in [1.82, 2.24) is 20.6 Å². The Morgan fingerprint density at radius 2 is 2.17 bits per heavy atom. The number of anilines is 1. The molecule has 6 nitrogen and oxygen atoms in total. The van der Waals surface area contributed by atoms with Crippen LogP contribution < -0.4 is 16.0 Å². The molecule has 29 heavy (non-hydrogen) atoms. The number of thioether (sulfide) groups is 1. The Morgan fingerprint density at radius 1 is 1.24 bits per heavy atom. The number of aromatic amines is 1. The molecule has 0 radical (unpaired) electrons. The normalized spacial score (nSPS) is 13.8. The van der Waals surface area contributed by atoms with Gasteiger partial charge < -0.3 is 20.9 Å². The molecule has 0 saturated carbocycles. The van der Waals surface area contributed by atoms with Gasteiger partial charge in [0.25, 0.3) is 5.91 Å². The van der Waals surface area contributed by atoms with E-state index in [-0.39, 0.29) is 5.91 Å². The number of carbonyl (C=O) groups is 1. The van der Waals surface area contributed by atoms with E-state index >= 15 is 0 Å². The number of H-pyrrole nitrogens is 1. The van der Waals surface area contributed by atoms with E-state index in [4.69, 9.17) is 0 Å². The number of fused-ring (bicyclic) bond motifs is 1. The Hall–Kier alpha value is -2.77. The number of nitrogens with zero attached hydrogens (tertiary/aromatic N) is 1. The quantitative estimate of drug-likeness (QED) is 0.430. The van der Waals surface area contributed by atoms with Gasteiger partial charge >= 0.3 is 0 Å². The Morgan fingerprint density at radius 3 is 3.07 bits per heavy atom. The molecule has 4 rings (SSSR count). The fourth-order valence-corrected chi connectivity index (χ4v) is 4.45. The van der Waals surface area contributed by atoms with Crippen LogP contribution in [0.3, 0.4) is 0 Å². The third kappa shape index (κ3) is 4.81. The fraction of sp³-hybridized carbons (Fsp3) is 0.273. The highest BCUT2D eigenvalue weighted by molar-refractivity contribution is 8.04. The number of carbonyl (C=O) groups excluding carboxylic acids is 1. The fourth-order valence-electron chi connectivity index (χ4n) is 3.41. The van der Waals surface area contributed by atoms with E-state index in [1.807, 2.05) is 18.3 Å². The van der Waals surface area contributed by atoms with E-state index in [2.05, 4.69) is 57.1 Å². The molecule has 3 aromatic rings. The highest BCUT2D eigenvalue weighted by Gasteiger charge is 2.22. The van der Waals surface area contributed by atoms with Crippen LogP contribution in [0.1, 0.15) is 17.5 Å². The number of benzene rings is 1. The summed E-state index contributed by atoms with van der Waals surface area (Å²) in [6, 6.07) is 12.4. The number of pyridine rings is 1. The first kappa shape index (κ1) is 19.5. The van der Waals surface area contributed by atoms with Crippen LogP contribution in [0, 0.1) is 6.92 Å². The maximum atomic E-state index is 12.7. The molecule has 0 bridgehead atoms. The van der Waals surface area contributed by atoms with Crippen LogP contribution >= 0.6 is 11.8 Å². The number of aromatic nitrogens is 2. The molecule has 1 amide bonds. The number of hydrogen-bond donors (Lipinski definition) is 4. The van der Waals surface area contributed by atoms with E-state index in [9.17, 15) is 4.79 Å². The molecular weight excluding hydrogens is 382 g/mol. The summed E-state index contributed by atoms with van der Waals surface area (Å²) >= 11 is 1.61. The molecule has 3 heterocycles. The van der Waals surface area contributed by atoms with Crippen LogP contribution in [0.4, 0.5) is 5.69 Å². The van der Waals surface area contributed by atoms with Crippen LogP contribution in [0.25, 0.3) is 11.0 Å². The van der Waals surface area contributed by atoms with E-state index in [0.29, 0.717) is 6.54 Å². The lowest BCUT2D eigenvalue weighted by Crippen LogP contribution is -2.32. The molecule has 7 heteroatoms. The van der Waals surface area contributed by atoms with Gasteiger partial charge in [0.1, 0.15) is 5.65 Å². The van der Waals surface area contributed by atoms with Crippen molar-refractivity contribution in [3.05, 3.63) is 70.5 Å². The molecule has 1 aliphatic rings. The molecular formula is C22H25N5OS. The van der Waals surface area contributed by atoms with Crippen molar-refractivity contribution >= 4 is 34.4 Å². The lowest BCUT2D eigenvalue weighted by atomic mass is 10.1. The lowest BCUT2D eigenvalue weighted by molar-refractivity contribution is -0.116. The second kappa shape index (κ2) is 9.15. The van der Waals surface area contributed by atoms with Crippen molar-refractivity contribution in [2.75, 3.05) is 24.2 Å². The smallest absolute Gasteiger partial charge is 0.259 e. The molecule has 150 valence electrons. The first-order valence-electron chi connectivity index (χ1n) is 9.80. The summed E-state index contributed by atoms with van der Waals surface area (Å²) in [6.45, 7) is 4.22. The lowest BCUT2D eigenvalue weighted by Gasteiger charge is -2.12. The molecule has 0 unspecified atom stereocenters. The van der Waals surface area contributed by atoms with Crippen LogP contribution in [-0.2, 0) is 11.3 Å². The third-order valence-corrected chi connectivity index (χ3v) is 5.95. The van der Waals surface area contributed by atoms with Crippen LogP contribution in [0.5, 0.6) is 0 Å². The summed E-state index contributed by atoms with van der Waals surface area (Å²) in [7, 11) is 0. The van der Waals surface area contributed by atoms with Gasteiger partial charge in [-0.2, -0.15) is 0 Å². The standard InChI is InChI=1S/C22H25N5OS/c1-15-3-2-4-16(13-15)14-23-10-11-26-22(28)20-19(7-12-29-20)27-18-6-9-25-21-17(18)5-8-24-21/h2-6,8-9,13,23H,7,10-12,14H2,1H3,(H,26,28)(H2,24,25,27). The first-order chi connectivity index (χ1) is 14.2. The Balaban J connectivity index is 1.30. The van der Waals surface area contributed by atoms with Crippen molar-refractivity contribution in [1.29, 1.82) is 0 Å². The number of nitrogens with one attached hydrogen (secondary N) is 4. The van der Waals surface area contributed by atoms with Gasteiger partial charge in [-0.05, 0) is 31.0 Å². The number of hydrogen-bond acceptors (Lipinski definition) is 5. The van der Waals surface area contributed by atoms with Gasteiger partial charge in [0, 0.05) is 48.9 Å². The zero-order valence-electron chi connectivity index (χ0n) is 16.4. The maximum Gasteiger partial charge on any atom is 0.259 e. The highest BCUT2D eigenvalue weighted by atomic mass is 32.2. The van der Waals surface area contributed by atoms with Gasteiger partial charge in [0.2, 0.25) is 0 Å². The zero-order valence-corrected chi connectivity index (χ0v) is 17.2. The van der Waals surface area contributed by atoms with Crippen LogP contribution in [-0.4, -0.2) is 34.7 Å². The third-order valence-electron chi connectivity index (χ3n) is 4.82. The Bertz CT molecular complexity index is 1040. The van der Waals surface area contributed by atoms with Crippen LogP contribution in [0.15, 0.2) is 59.4 Å². The molecule has 0 atom stereocenters. The SMILES string of the molecule is Cc1cccc(CNCCNC(=O)C2=C(Nc3ccnc4[nH]ccc34)CCS2)c1. The number of amides is 1. The largest absolute Gasteiger partial charge is 0.357 e. The molecule has 0 saturated heterocycles. The minimum Gasteiger partial charge on any atom is -0.357 e. The molecule has 2 aromatic heterocycles. The Labute approximate surface area is 174 Å². The molecule has 1 aliphatic heterocycles. The Kier molecular flexibility index (Phi) is 6.17. The van der Waals surface area contributed by atoms with Crippen molar-refractivity contribution in [3.8, 4) is 0 Å². The molecule has 1 aromatic carbocycles. The van der Waals surface area contributed by atoms with Gasteiger partial charge in [-0.1, -0.05) is 29.8 Å². The van der Waals surface area contributed by atoms with Gasteiger partial charge in [0.15, 0.2) is 0 Å². The second-order valence-electron chi connectivity index (χ2n) is 7.05. The van der Waals surface area contributed by atoms with Gasteiger partial charge in [-0.25, -0.2) is 4.98 Å². The topological polar surface area (TPSA) is 81.8 Å². The predicted molar refractivity (Wildman–Crippen MR) is 120 cm³/mol. The number of aryl methyl sites for hydroxylation is 1. The summed E-state index contributed by atoms with van der Waals surface area (Å²) in [5.74, 6) is 0.907. The van der Waals surface area contributed by atoms with Crippen molar-refractivity contribution in [2.24, 2.45) is 0 Å². The maximum absolute atomic E-state index is 12.7. The second-order valence-corrected chi connectivity index (χ2v) is 8.16. The summed E-state index contributed by atoms with van der Waals surface area (Å²) in [4.78, 5) is 20.9. The van der Waals surface area contributed by atoms with Crippen molar-refractivity contribution in [2.45, 2.75) is 19.9 Å². The van der Waals surface area contributed by atoms with E-state index in [1.165, 1.54) is 11.1 Å². The average molecular weight is 408 g/mol. The number of rotatable bonds is 8. The van der Waals surface area contributed by atoms with E-state index in [0.717, 1.165) is 52.6 Å². The summed E-state index contributed by atoms with van der Waals surface area (Å²) in [5, 5.41) is 10.9. The monoisotopic (exact) mass is 407 g/mol. The minimum atomic E-state index is -0.00766. The van der Waals surface area contributed by atoms with Gasteiger partial charge in [0.05, 0.1) is 10.6 Å². The molecule has 0 fully saturated rings. The molecule has 0 aliphatic carbocycles. The van der Waals surface area contributed by atoms with Gasteiger partial charge in [-0.15, -0.1) is 11.8 Å². The summed E-state index contributed by atoms with van der Waals surface area (Å²) in [5.41, 5.74) is 5.30. The van der Waals surface area contributed by atoms with E-state index in [1.54, 1.807) is 18.0 Å². The summed E-state index contributed by atoms with van der Waals surface area (Å²) < 4.78 is 0. The number of allylic oxidation sites excluding steroid dienone is 1. The zero-order chi connectivity index (χ0) is 20.1. The van der Waals surface area contributed by atoms with Crippen molar-refractivity contribution in [3.63, 3.8) is 0 Å². The first-order valence-corrected chi connectivity index (χ1v) is 10.8. The van der Waals surface area contributed by atoms with E-state index < -0.39 is 0 Å². The van der Waals surface area contributed by atoms with Crippen molar-refractivity contribution < 1.29 is 4.79 Å². The van der Waals surface area contributed by atoms with Crippen LogP contribution in [0.2, 0.25) is 0 Å². The van der Waals surface area contributed by atoms with Gasteiger partial charge in [-0.3, -0.25) is 4.79 Å².